The van der Waals surface area contributed by atoms with Crippen molar-refractivity contribution in [2.75, 3.05) is 20.8 Å². The molecule has 0 aliphatic carbocycles. The molecule has 0 spiro atoms. The summed E-state index contributed by atoms with van der Waals surface area (Å²) in [6, 6.07) is 7.23. The van der Waals surface area contributed by atoms with Gasteiger partial charge in [-0.25, -0.2) is 9.18 Å². The van der Waals surface area contributed by atoms with Crippen molar-refractivity contribution in [1.82, 2.24) is 14.7 Å². The summed E-state index contributed by atoms with van der Waals surface area (Å²) in [5.41, 5.74) is -2.73. The molecule has 37 heavy (non-hydrogen) atoms. The number of ether oxygens (including phenoxy) is 2. The van der Waals surface area contributed by atoms with Crippen LogP contribution in [-0.4, -0.2) is 63.7 Å². The number of benzene rings is 1. The summed E-state index contributed by atoms with van der Waals surface area (Å²) >= 11 is 1.35. The maximum Gasteiger partial charge on any atom is 0.331 e. The molecule has 0 bridgehead atoms. The minimum absolute atomic E-state index is 0.206. The van der Waals surface area contributed by atoms with Crippen molar-refractivity contribution in [2.45, 2.75) is 56.4 Å². The number of aliphatic carboxylic acids is 1. The highest BCUT2D eigenvalue weighted by atomic mass is 32.1. The lowest BCUT2D eigenvalue weighted by Crippen LogP contribution is -2.56. The van der Waals surface area contributed by atoms with Crippen LogP contribution in [0.4, 0.5) is 4.39 Å². The van der Waals surface area contributed by atoms with Crippen molar-refractivity contribution in [1.29, 1.82) is 0 Å². The monoisotopic (exact) mass is 529 g/mol. The second-order valence-corrected chi connectivity index (χ2v) is 11.3. The Balaban J connectivity index is 1.93. The third kappa shape index (κ3) is 4.75. The first kappa shape index (κ1) is 26.8. The second kappa shape index (κ2) is 9.90. The number of rotatable bonds is 8. The Bertz CT molecular complexity index is 1260. The van der Waals surface area contributed by atoms with Gasteiger partial charge < -0.3 is 19.5 Å². The third-order valence-corrected chi connectivity index (χ3v) is 7.60. The highest BCUT2D eigenvalue weighted by Crippen LogP contribution is 2.53. The van der Waals surface area contributed by atoms with Gasteiger partial charge in [0.1, 0.15) is 5.75 Å². The van der Waals surface area contributed by atoms with E-state index in [2.05, 4.69) is 5.10 Å². The van der Waals surface area contributed by atoms with Gasteiger partial charge in [-0.2, -0.15) is 16.4 Å². The quantitative estimate of drug-likeness (QED) is 0.454. The van der Waals surface area contributed by atoms with Crippen LogP contribution < -0.4 is 4.74 Å². The number of hydrogen-bond acceptors (Lipinski definition) is 6. The van der Waals surface area contributed by atoms with E-state index < -0.39 is 35.5 Å². The van der Waals surface area contributed by atoms with Crippen LogP contribution in [0.3, 0.4) is 0 Å². The molecule has 4 rings (SSSR count). The Morgan fingerprint density at radius 3 is 2.57 bits per heavy atom. The Labute approximate surface area is 219 Å². The van der Waals surface area contributed by atoms with Gasteiger partial charge in [0.15, 0.2) is 11.2 Å². The van der Waals surface area contributed by atoms with Gasteiger partial charge in [0.25, 0.3) is 5.91 Å². The zero-order valence-electron chi connectivity index (χ0n) is 21.6. The normalized spacial score (nSPS) is 23.8. The number of carboxylic acid groups (broad SMARTS) is 1. The van der Waals surface area contributed by atoms with E-state index >= 15 is 4.39 Å². The summed E-state index contributed by atoms with van der Waals surface area (Å²) in [5.74, 6) is -1.42. The number of aromatic nitrogens is 2. The standard InChI is InChI=1S/C27H32FN3O5S/c1-25(2,3)20-8-7-18(13-21(20)36-5)23(32)31-22(19-9-12-37-14-19)26(28,17-35-4)15-27(31,24(33)34)16-30-11-6-10-29-30/h6-14,22H,15-17H2,1-5H3,(H,33,34). The minimum atomic E-state index is -2.16. The maximum absolute atomic E-state index is 16.9. The van der Waals surface area contributed by atoms with E-state index in [9.17, 15) is 14.7 Å². The number of carboxylic acids is 1. The van der Waals surface area contributed by atoms with Crippen molar-refractivity contribution in [3.8, 4) is 5.75 Å². The number of amides is 1. The number of alkyl halides is 1. The first-order valence-electron chi connectivity index (χ1n) is 11.9. The summed E-state index contributed by atoms with van der Waals surface area (Å²) < 4.78 is 29.1. The average molecular weight is 530 g/mol. The molecule has 0 radical (unpaired) electrons. The van der Waals surface area contributed by atoms with Gasteiger partial charge in [-0.15, -0.1) is 0 Å². The van der Waals surface area contributed by atoms with Crippen molar-refractivity contribution < 1.29 is 28.6 Å². The number of halogens is 1. The fraction of sp³-hybridized carbons (Fsp3) is 0.444. The molecule has 10 heteroatoms. The number of hydrogen-bond donors (Lipinski definition) is 1. The molecule has 1 saturated heterocycles. The molecular weight excluding hydrogens is 497 g/mol. The van der Waals surface area contributed by atoms with Crippen molar-refractivity contribution in [3.63, 3.8) is 0 Å². The van der Waals surface area contributed by atoms with Crippen LogP contribution in [0.25, 0.3) is 0 Å². The Morgan fingerprint density at radius 1 is 1.27 bits per heavy atom. The molecule has 1 fully saturated rings. The van der Waals surface area contributed by atoms with Crippen molar-refractivity contribution in [3.05, 3.63) is 70.2 Å². The average Bonchev–Trinajstić information content (AvgIpc) is 3.58. The van der Waals surface area contributed by atoms with E-state index in [-0.39, 0.29) is 24.1 Å². The van der Waals surface area contributed by atoms with E-state index in [1.165, 1.54) is 41.3 Å². The first-order valence-corrected chi connectivity index (χ1v) is 12.8. The predicted octanol–water partition coefficient (Wildman–Crippen LogP) is 4.72. The van der Waals surface area contributed by atoms with Crippen LogP contribution in [0.2, 0.25) is 0 Å². The van der Waals surface area contributed by atoms with Gasteiger partial charge in [0, 0.05) is 31.5 Å². The smallest absolute Gasteiger partial charge is 0.331 e. The zero-order chi connectivity index (χ0) is 27.0. The SMILES string of the molecule is COCC1(F)CC(Cn2cccn2)(C(=O)O)N(C(=O)c2ccc(C(C)(C)C)c(OC)c2)C1c1ccsc1. The van der Waals surface area contributed by atoms with Gasteiger partial charge in [-0.1, -0.05) is 26.8 Å². The molecule has 1 aliphatic heterocycles. The lowest BCUT2D eigenvalue weighted by molar-refractivity contribution is -0.150. The number of likely N-dealkylation sites (tertiary alicyclic amines) is 1. The molecule has 2 aromatic heterocycles. The first-order chi connectivity index (χ1) is 17.5. The molecule has 1 amide bonds. The molecule has 198 valence electrons. The second-order valence-electron chi connectivity index (χ2n) is 10.5. The van der Waals surface area contributed by atoms with E-state index in [4.69, 9.17) is 9.47 Å². The zero-order valence-corrected chi connectivity index (χ0v) is 22.4. The highest BCUT2D eigenvalue weighted by Gasteiger charge is 2.66. The fourth-order valence-electron chi connectivity index (χ4n) is 5.33. The molecule has 3 atom stereocenters. The van der Waals surface area contributed by atoms with Crippen LogP contribution in [0, 0.1) is 0 Å². The van der Waals surface area contributed by atoms with E-state index in [0.717, 1.165) is 5.56 Å². The number of methoxy groups -OCH3 is 2. The Morgan fingerprint density at radius 2 is 2.03 bits per heavy atom. The van der Waals surface area contributed by atoms with E-state index in [1.807, 2.05) is 20.8 Å². The summed E-state index contributed by atoms with van der Waals surface area (Å²) in [6.45, 7) is 5.48. The summed E-state index contributed by atoms with van der Waals surface area (Å²) in [4.78, 5) is 28.5. The number of nitrogens with zero attached hydrogens (tertiary/aromatic N) is 3. The third-order valence-electron chi connectivity index (χ3n) is 6.90. The van der Waals surface area contributed by atoms with Crippen molar-refractivity contribution in [2.24, 2.45) is 0 Å². The van der Waals surface area contributed by atoms with Crippen molar-refractivity contribution >= 4 is 23.2 Å². The fourth-order valence-corrected chi connectivity index (χ4v) is 6.01. The molecule has 1 aliphatic rings. The topological polar surface area (TPSA) is 93.9 Å². The van der Waals surface area contributed by atoms with Crippen LogP contribution in [-0.2, 0) is 21.5 Å². The maximum atomic E-state index is 16.9. The Kier molecular flexibility index (Phi) is 7.18. The number of thiophene rings is 1. The lowest BCUT2D eigenvalue weighted by atomic mass is 9.85. The van der Waals surface area contributed by atoms with E-state index in [1.54, 1.807) is 47.3 Å². The van der Waals surface area contributed by atoms with Gasteiger partial charge in [-0.05, 0) is 51.6 Å². The molecule has 3 unspecified atom stereocenters. The molecule has 0 saturated carbocycles. The number of carbonyl (C=O) groups is 2. The van der Waals surface area contributed by atoms with Gasteiger partial charge in [0.2, 0.25) is 0 Å². The van der Waals surface area contributed by atoms with Gasteiger partial charge in [0.05, 0.1) is 26.3 Å². The van der Waals surface area contributed by atoms with E-state index in [0.29, 0.717) is 11.3 Å². The lowest BCUT2D eigenvalue weighted by Gasteiger charge is -2.38. The predicted molar refractivity (Wildman–Crippen MR) is 138 cm³/mol. The molecule has 3 aromatic rings. The molecule has 3 heterocycles. The summed E-state index contributed by atoms with van der Waals surface area (Å²) in [7, 11) is 2.88. The van der Waals surface area contributed by atoms with Gasteiger partial charge in [-0.3, -0.25) is 9.48 Å². The Hall–Kier alpha value is -3.24. The number of carbonyl (C=O) groups excluding carboxylic acids is 1. The largest absolute Gasteiger partial charge is 0.496 e. The molecule has 1 N–H and O–H groups in total. The molecular formula is C27H32FN3O5S. The van der Waals surface area contributed by atoms with Crippen LogP contribution >= 0.6 is 11.3 Å². The summed E-state index contributed by atoms with van der Waals surface area (Å²) in [6.07, 6.45) is 2.65. The van der Waals surface area contributed by atoms with Crippen LogP contribution in [0.5, 0.6) is 5.75 Å². The van der Waals surface area contributed by atoms with Crippen LogP contribution in [0.15, 0.2) is 53.5 Å². The molecule has 1 aromatic carbocycles. The molecule has 8 nitrogen and oxygen atoms in total. The minimum Gasteiger partial charge on any atom is -0.496 e. The summed E-state index contributed by atoms with van der Waals surface area (Å²) in [5, 5.41) is 18.3. The van der Waals surface area contributed by atoms with Crippen LogP contribution in [0.1, 0.15) is 54.7 Å². The highest BCUT2D eigenvalue weighted by molar-refractivity contribution is 7.08. The van der Waals surface area contributed by atoms with Gasteiger partial charge >= 0.3 is 5.97 Å².